The first kappa shape index (κ1) is 53.0. The number of amides is 3. The smallest absolute Gasteiger partial charge is 0.255 e. The Labute approximate surface area is 408 Å². The minimum absolute atomic E-state index is 0.110. The summed E-state index contributed by atoms with van der Waals surface area (Å²) in [6.07, 6.45) is 2.35. The molecule has 0 bridgehead atoms. The Morgan fingerprint density at radius 2 is 1.12 bits per heavy atom. The van der Waals surface area contributed by atoms with Crippen molar-refractivity contribution in [2.45, 2.75) is 95.9 Å². The van der Waals surface area contributed by atoms with E-state index >= 15 is 0 Å². The average Bonchev–Trinajstić information content (AvgIpc) is 3.30. The van der Waals surface area contributed by atoms with Gasteiger partial charge in [0.2, 0.25) is 5.91 Å². The van der Waals surface area contributed by atoms with Crippen LogP contribution in [0.1, 0.15) is 103 Å². The van der Waals surface area contributed by atoms with E-state index in [9.17, 15) is 14.4 Å². The van der Waals surface area contributed by atoms with Crippen molar-refractivity contribution >= 4 is 57.9 Å². The zero-order valence-electron chi connectivity index (χ0n) is 41.0. The fourth-order valence-corrected chi connectivity index (χ4v) is 8.44. The highest BCUT2D eigenvalue weighted by Gasteiger charge is 2.26. The van der Waals surface area contributed by atoms with Gasteiger partial charge in [-0.15, -0.1) is 11.8 Å². The van der Waals surface area contributed by atoms with Gasteiger partial charge < -0.3 is 49.5 Å². The molecule has 0 aliphatic carbocycles. The summed E-state index contributed by atoms with van der Waals surface area (Å²) in [5.74, 6) is -0.481. The summed E-state index contributed by atoms with van der Waals surface area (Å²) in [4.78, 5) is 43.7. The summed E-state index contributed by atoms with van der Waals surface area (Å²) >= 11 is 1.56. The number of nitrogens with one attached hydrogen (secondary N) is 5. The maximum absolute atomic E-state index is 14.6. The van der Waals surface area contributed by atoms with Gasteiger partial charge in [0.25, 0.3) is 11.8 Å². The number of hydrogen-bond donors (Lipinski definition) is 9. The van der Waals surface area contributed by atoms with E-state index in [0.717, 1.165) is 45.0 Å². The molecule has 0 saturated heterocycles. The second kappa shape index (κ2) is 24.4. The van der Waals surface area contributed by atoms with Crippen LogP contribution in [0.3, 0.4) is 0 Å². The van der Waals surface area contributed by atoms with Crippen molar-refractivity contribution in [1.29, 1.82) is 0 Å². The van der Waals surface area contributed by atoms with Crippen LogP contribution in [-0.2, 0) is 34.9 Å². The third kappa shape index (κ3) is 15.0. The van der Waals surface area contributed by atoms with Crippen LogP contribution >= 0.6 is 11.8 Å². The first-order valence-corrected chi connectivity index (χ1v) is 24.5. The molecule has 12 nitrogen and oxygen atoms in total. The fraction of sp³-hybridized carbons (Fsp3) is 0.364. The van der Waals surface area contributed by atoms with Crippen molar-refractivity contribution in [3.8, 4) is 0 Å². The van der Waals surface area contributed by atoms with Gasteiger partial charge in [0.15, 0.2) is 0 Å². The van der Waals surface area contributed by atoms with Gasteiger partial charge in [0.05, 0.1) is 39.4 Å². The maximum Gasteiger partial charge on any atom is 0.255 e. The van der Waals surface area contributed by atoms with Crippen LogP contribution < -0.4 is 49.5 Å². The summed E-state index contributed by atoms with van der Waals surface area (Å²) in [7, 11) is 0. The molecular formula is C55H73N9O3S. The van der Waals surface area contributed by atoms with Crippen molar-refractivity contribution in [3.63, 3.8) is 0 Å². The lowest BCUT2D eigenvalue weighted by molar-refractivity contribution is -0.117. The van der Waals surface area contributed by atoms with Crippen molar-refractivity contribution < 1.29 is 14.4 Å². The maximum atomic E-state index is 14.6. The van der Waals surface area contributed by atoms with Crippen LogP contribution in [0.15, 0.2) is 120 Å². The zero-order valence-corrected chi connectivity index (χ0v) is 41.8. The van der Waals surface area contributed by atoms with Crippen molar-refractivity contribution in [3.05, 3.63) is 154 Å². The number of rotatable bonds is 22. The third-order valence-corrected chi connectivity index (χ3v) is 12.8. The number of thioether (sulfide) groups is 1. The van der Waals surface area contributed by atoms with E-state index in [2.05, 4.69) is 99.8 Å². The molecule has 68 heavy (non-hydrogen) atoms. The van der Waals surface area contributed by atoms with Gasteiger partial charge in [-0.1, -0.05) is 116 Å². The van der Waals surface area contributed by atoms with Crippen LogP contribution in [0.2, 0.25) is 0 Å². The van der Waals surface area contributed by atoms with Crippen LogP contribution in [-0.4, -0.2) is 55.7 Å². The van der Waals surface area contributed by atoms with Crippen molar-refractivity contribution in [2.75, 3.05) is 58.5 Å². The molecule has 13 N–H and O–H groups in total. The number of hydrogen-bond acceptors (Lipinski definition) is 10. The monoisotopic (exact) mass is 940 g/mol. The highest BCUT2D eigenvalue weighted by molar-refractivity contribution is 7.99. The van der Waals surface area contributed by atoms with E-state index in [0.29, 0.717) is 79.5 Å². The molecule has 5 rings (SSSR count). The lowest BCUT2D eigenvalue weighted by Gasteiger charge is -2.26. The summed E-state index contributed by atoms with van der Waals surface area (Å²) in [5, 5.41) is 16.4. The SMILES string of the molecule is C=C(Nc1cc(C(C)(C)C)cc(NC(=O)c2cc(CCCN)cc(C(=O)Nc3cc(C(C)(C)C)cc(NC(=O)C(N)Cc4ccccc4)c3NCCN)c2)c1SCCN)[C@H](C)Cc1ccccc1. The molecule has 0 saturated carbocycles. The Balaban J connectivity index is 1.52. The Kier molecular flexibility index (Phi) is 19.0. The minimum Gasteiger partial charge on any atom is -0.380 e. The molecule has 0 radical (unpaired) electrons. The number of carbonyl (C=O) groups excluding carboxylic acids is 3. The lowest BCUT2D eigenvalue weighted by atomic mass is 9.86. The fourth-order valence-electron chi connectivity index (χ4n) is 7.59. The van der Waals surface area contributed by atoms with Gasteiger partial charge in [-0.3, -0.25) is 14.4 Å². The highest BCUT2D eigenvalue weighted by Crippen LogP contribution is 2.41. The number of carbonyl (C=O) groups is 3. The number of nitrogens with two attached hydrogens (primary N) is 4. The van der Waals surface area contributed by atoms with Gasteiger partial charge in [-0.25, -0.2) is 0 Å². The molecule has 2 atom stereocenters. The van der Waals surface area contributed by atoms with Crippen LogP contribution in [0.4, 0.5) is 28.4 Å². The van der Waals surface area contributed by atoms with Gasteiger partial charge >= 0.3 is 0 Å². The molecule has 0 fully saturated rings. The molecule has 0 heterocycles. The van der Waals surface area contributed by atoms with Gasteiger partial charge in [0, 0.05) is 42.2 Å². The molecule has 0 aromatic heterocycles. The Morgan fingerprint density at radius 1 is 0.618 bits per heavy atom. The Hall–Kier alpha value is -5.96. The second-order valence-corrected chi connectivity index (χ2v) is 20.6. The zero-order chi connectivity index (χ0) is 49.6. The normalized spacial score (nSPS) is 12.5. The first-order chi connectivity index (χ1) is 32.3. The number of allylic oxidation sites excluding steroid dienone is 1. The van der Waals surface area contributed by atoms with Crippen molar-refractivity contribution in [1.82, 2.24) is 0 Å². The van der Waals surface area contributed by atoms with E-state index in [-0.39, 0.29) is 34.1 Å². The third-order valence-electron chi connectivity index (χ3n) is 11.6. The van der Waals surface area contributed by atoms with E-state index in [1.807, 2.05) is 72.8 Å². The van der Waals surface area contributed by atoms with Gasteiger partial charge in [-0.2, -0.15) is 0 Å². The van der Waals surface area contributed by atoms with Crippen LogP contribution in [0.5, 0.6) is 0 Å². The predicted octanol–water partition coefficient (Wildman–Crippen LogP) is 9.41. The molecular weight excluding hydrogens is 867 g/mol. The van der Waals surface area contributed by atoms with Crippen LogP contribution in [0.25, 0.3) is 0 Å². The van der Waals surface area contributed by atoms with Crippen LogP contribution in [0, 0.1) is 5.92 Å². The first-order valence-electron chi connectivity index (χ1n) is 23.5. The molecule has 5 aromatic carbocycles. The molecule has 3 amide bonds. The van der Waals surface area contributed by atoms with E-state index in [1.54, 1.807) is 23.9 Å². The molecule has 0 spiro atoms. The molecule has 362 valence electrons. The molecule has 0 aliphatic heterocycles. The standard InChI is InChI=1S/C55H73N9O3S/c1-35(26-37-16-11-9-12-17-37)36(2)61-47-33-43(55(6,7)8)34-48(50(47)68-25-23-58)64-52(66)41-28-39(20-15-21-56)27-40(30-41)51(65)62-45-31-42(54(3,4)5)32-46(49(45)60-24-22-57)63-53(67)44(59)29-38-18-13-10-14-19-38/h9-14,16-19,27-28,30-35,44,60-61H,2,15,20-26,29,56-59H2,1,3-8H3,(H,62,65)(H,63,67)(H,64,66)/t35-,44?/m1/s1. The summed E-state index contributed by atoms with van der Waals surface area (Å²) in [6, 6.07) is 32.2. The molecule has 13 heteroatoms. The Bertz CT molecular complexity index is 2350. The minimum atomic E-state index is -0.834. The number of benzene rings is 5. The van der Waals surface area contributed by atoms with E-state index < -0.39 is 11.9 Å². The highest BCUT2D eigenvalue weighted by atomic mass is 32.2. The van der Waals surface area contributed by atoms with E-state index in [4.69, 9.17) is 22.9 Å². The van der Waals surface area contributed by atoms with Gasteiger partial charge in [-0.05, 0) is 119 Å². The molecule has 1 unspecified atom stereocenters. The predicted molar refractivity (Wildman–Crippen MR) is 286 cm³/mol. The van der Waals surface area contributed by atoms with E-state index in [1.165, 1.54) is 5.56 Å². The molecule has 5 aromatic rings. The van der Waals surface area contributed by atoms with Gasteiger partial charge in [0.1, 0.15) is 0 Å². The Morgan fingerprint density at radius 3 is 1.63 bits per heavy atom. The average molecular weight is 940 g/mol. The summed E-state index contributed by atoms with van der Waals surface area (Å²) in [5.41, 5.74) is 32.9. The largest absolute Gasteiger partial charge is 0.380 e. The molecule has 0 aliphatic rings. The summed E-state index contributed by atoms with van der Waals surface area (Å²) < 4.78 is 0. The second-order valence-electron chi connectivity index (χ2n) is 19.4. The number of aryl methyl sites for hydroxylation is 1. The van der Waals surface area contributed by atoms with Crippen molar-refractivity contribution in [2.24, 2.45) is 28.9 Å². The number of anilines is 5. The topological polar surface area (TPSA) is 215 Å². The quantitative estimate of drug-likeness (QED) is 0.0300. The lowest BCUT2D eigenvalue weighted by Crippen LogP contribution is -2.37. The summed E-state index contributed by atoms with van der Waals surface area (Å²) in [6.45, 7) is 20.7.